The number of hydrogen-bond donors (Lipinski definition) is 1. The zero-order valence-corrected chi connectivity index (χ0v) is 8.33. The Balaban J connectivity index is 1.87. The number of β-amino-alcohol motifs (C(OH)–C–C–N with tert-alkyl or cyclic N) is 1. The summed E-state index contributed by atoms with van der Waals surface area (Å²) in [5, 5.41) is 11.5. The standard InChI is InChI=1S/C9H14N2OS/c12-9-2-1-3-11(5-9)4-8-6-13-7-10-8/h6-7,9,12H,1-5H2/t9-/m0/s1. The lowest BCUT2D eigenvalue weighted by atomic mass is 10.1. The van der Waals surface area contributed by atoms with Crippen molar-refractivity contribution in [3.8, 4) is 0 Å². The van der Waals surface area contributed by atoms with Gasteiger partial charge in [-0.05, 0) is 19.4 Å². The molecule has 72 valence electrons. The van der Waals surface area contributed by atoms with Crippen LogP contribution in [0.1, 0.15) is 18.5 Å². The molecule has 1 aromatic rings. The second kappa shape index (κ2) is 4.17. The van der Waals surface area contributed by atoms with Crippen LogP contribution < -0.4 is 0 Å². The van der Waals surface area contributed by atoms with Crippen molar-refractivity contribution in [3.63, 3.8) is 0 Å². The third-order valence-electron chi connectivity index (χ3n) is 2.35. The van der Waals surface area contributed by atoms with E-state index in [1.165, 1.54) is 0 Å². The largest absolute Gasteiger partial charge is 0.392 e. The third-order valence-corrected chi connectivity index (χ3v) is 2.98. The summed E-state index contributed by atoms with van der Waals surface area (Å²) in [4.78, 5) is 6.50. The molecule has 0 spiro atoms. The summed E-state index contributed by atoms with van der Waals surface area (Å²) in [5.41, 5.74) is 2.98. The molecule has 4 heteroatoms. The molecular weight excluding hydrogens is 184 g/mol. The van der Waals surface area contributed by atoms with Gasteiger partial charge in [0.05, 0.1) is 17.3 Å². The number of likely N-dealkylation sites (tertiary alicyclic amines) is 1. The van der Waals surface area contributed by atoms with Crippen LogP contribution in [0.4, 0.5) is 0 Å². The van der Waals surface area contributed by atoms with E-state index in [9.17, 15) is 5.11 Å². The fourth-order valence-electron chi connectivity index (χ4n) is 1.72. The van der Waals surface area contributed by atoms with Crippen LogP contribution in [0.15, 0.2) is 10.9 Å². The van der Waals surface area contributed by atoms with E-state index < -0.39 is 0 Å². The highest BCUT2D eigenvalue weighted by molar-refractivity contribution is 7.07. The van der Waals surface area contributed by atoms with E-state index in [1.54, 1.807) is 11.3 Å². The lowest BCUT2D eigenvalue weighted by molar-refractivity contribution is 0.0663. The number of hydrogen-bond acceptors (Lipinski definition) is 4. The van der Waals surface area contributed by atoms with Gasteiger partial charge >= 0.3 is 0 Å². The van der Waals surface area contributed by atoms with Crippen molar-refractivity contribution in [2.75, 3.05) is 13.1 Å². The molecule has 2 heterocycles. The monoisotopic (exact) mass is 198 g/mol. The highest BCUT2D eigenvalue weighted by Gasteiger charge is 2.17. The number of thiazole rings is 1. The van der Waals surface area contributed by atoms with Crippen LogP contribution in [0.5, 0.6) is 0 Å². The number of nitrogens with zero attached hydrogens (tertiary/aromatic N) is 2. The predicted octanol–water partition coefficient (Wildman–Crippen LogP) is 1.10. The molecule has 0 amide bonds. The molecule has 1 atom stereocenters. The van der Waals surface area contributed by atoms with Crippen LogP contribution in [-0.2, 0) is 6.54 Å². The first kappa shape index (κ1) is 9.12. The lowest BCUT2D eigenvalue weighted by Gasteiger charge is -2.29. The van der Waals surface area contributed by atoms with Crippen molar-refractivity contribution >= 4 is 11.3 Å². The van der Waals surface area contributed by atoms with Crippen LogP contribution in [0.25, 0.3) is 0 Å². The zero-order valence-electron chi connectivity index (χ0n) is 7.52. The Bertz CT molecular complexity index is 250. The van der Waals surface area contributed by atoms with Crippen molar-refractivity contribution in [1.29, 1.82) is 0 Å². The Morgan fingerprint density at radius 1 is 1.69 bits per heavy atom. The van der Waals surface area contributed by atoms with Crippen molar-refractivity contribution < 1.29 is 5.11 Å². The molecule has 3 nitrogen and oxygen atoms in total. The maximum absolute atomic E-state index is 9.45. The normalized spacial score (nSPS) is 24.8. The minimum atomic E-state index is -0.132. The van der Waals surface area contributed by atoms with Crippen molar-refractivity contribution in [1.82, 2.24) is 9.88 Å². The van der Waals surface area contributed by atoms with E-state index in [2.05, 4.69) is 15.3 Å². The quantitative estimate of drug-likeness (QED) is 0.773. The van der Waals surface area contributed by atoms with Gasteiger partial charge in [0.1, 0.15) is 0 Å². The van der Waals surface area contributed by atoms with Crippen LogP contribution in [0.3, 0.4) is 0 Å². The number of aliphatic hydroxyl groups excluding tert-OH is 1. The van der Waals surface area contributed by atoms with Gasteiger partial charge in [-0.1, -0.05) is 0 Å². The lowest BCUT2D eigenvalue weighted by Crippen LogP contribution is -2.37. The Kier molecular flexibility index (Phi) is 2.93. The summed E-state index contributed by atoms with van der Waals surface area (Å²) >= 11 is 1.63. The first-order valence-electron chi connectivity index (χ1n) is 4.62. The van der Waals surface area contributed by atoms with Gasteiger partial charge in [-0.2, -0.15) is 0 Å². The van der Waals surface area contributed by atoms with Gasteiger partial charge in [-0.3, -0.25) is 4.90 Å². The third kappa shape index (κ3) is 2.49. The van der Waals surface area contributed by atoms with Gasteiger partial charge in [0.2, 0.25) is 0 Å². The van der Waals surface area contributed by atoms with Crippen molar-refractivity contribution in [3.05, 3.63) is 16.6 Å². The van der Waals surface area contributed by atoms with E-state index in [4.69, 9.17) is 0 Å². The molecule has 1 fully saturated rings. The fraction of sp³-hybridized carbons (Fsp3) is 0.667. The van der Waals surface area contributed by atoms with Gasteiger partial charge in [-0.15, -0.1) is 11.3 Å². The Labute approximate surface area is 82.0 Å². The molecule has 1 saturated heterocycles. The minimum absolute atomic E-state index is 0.132. The molecule has 1 N–H and O–H groups in total. The van der Waals surface area contributed by atoms with Crippen LogP contribution in [0.2, 0.25) is 0 Å². The maximum Gasteiger partial charge on any atom is 0.0795 e. The number of aliphatic hydroxyl groups is 1. The van der Waals surface area contributed by atoms with E-state index >= 15 is 0 Å². The molecule has 0 saturated carbocycles. The molecule has 1 aliphatic rings. The van der Waals surface area contributed by atoms with Gasteiger partial charge in [0.25, 0.3) is 0 Å². The van der Waals surface area contributed by atoms with Crippen LogP contribution in [-0.4, -0.2) is 34.2 Å². The van der Waals surface area contributed by atoms with Crippen LogP contribution in [0, 0.1) is 0 Å². The first-order chi connectivity index (χ1) is 6.34. The minimum Gasteiger partial charge on any atom is -0.392 e. The molecule has 0 radical (unpaired) electrons. The second-order valence-electron chi connectivity index (χ2n) is 3.51. The van der Waals surface area contributed by atoms with Gasteiger partial charge in [0.15, 0.2) is 0 Å². The van der Waals surface area contributed by atoms with Gasteiger partial charge in [0, 0.05) is 18.5 Å². The summed E-state index contributed by atoms with van der Waals surface area (Å²) in [6.45, 7) is 2.78. The molecule has 13 heavy (non-hydrogen) atoms. The summed E-state index contributed by atoms with van der Waals surface area (Å²) in [6.07, 6.45) is 1.92. The van der Waals surface area contributed by atoms with Gasteiger partial charge in [-0.25, -0.2) is 4.98 Å². The summed E-state index contributed by atoms with van der Waals surface area (Å²) in [7, 11) is 0. The molecular formula is C9H14N2OS. The number of aromatic nitrogens is 1. The molecule has 1 aromatic heterocycles. The Hall–Kier alpha value is -0.450. The summed E-state index contributed by atoms with van der Waals surface area (Å²) in [6, 6.07) is 0. The highest BCUT2D eigenvalue weighted by Crippen LogP contribution is 2.13. The summed E-state index contributed by atoms with van der Waals surface area (Å²) < 4.78 is 0. The second-order valence-corrected chi connectivity index (χ2v) is 4.23. The summed E-state index contributed by atoms with van der Waals surface area (Å²) in [5.74, 6) is 0. The Morgan fingerprint density at radius 2 is 2.62 bits per heavy atom. The van der Waals surface area contributed by atoms with E-state index in [0.29, 0.717) is 0 Å². The Morgan fingerprint density at radius 3 is 3.31 bits per heavy atom. The van der Waals surface area contributed by atoms with E-state index in [-0.39, 0.29) is 6.10 Å². The SMILES string of the molecule is O[C@H]1CCCN(Cc2cscn2)C1. The van der Waals surface area contributed by atoms with E-state index in [1.807, 2.05) is 5.51 Å². The molecule has 0 bridgehead atoms. The topological polar surface area (TPSA) is 36.4 Å². The molecule has 0 aliphatic carbocycles. The van der Waals surface area contributed by atoms with Crippen LogP contribution >= 0.6 is 11.3 Å². The average molecular weight is 198 g/mol. The number of piperidine rings is 1. The van der Waals surface area contributed by atoms with E-state index in [0.717, 1.165) is 38.2 Å². The molecule has 0 unspecified atom stereocenters. The first-order valence-corrected chi connectivity index (χ1v) is 5.56. The predicted molar refractivity (Wildman–Crippen MR) is 52.6 cm³/mol. The van der Waals surface area contributed by atoms with Crippen molar-refractivity contribution in [2.45, 2.75) is 25.5 Å². The number of rotatable bonds is 2. The van der Waals surface area contributed by atoms with Gasteiger partial charge < -0.3 is 5.11 Å². The van der Waals surface area contributed by atoms with Crippen molar-refractivity contribution in [2.24, 2.45) is 0 Å². The highest BCUT2D eigenvalue weighted by atomic mass is 32.1. The smallest absolute Gasteiger partial charge is 0.0795 e. The fourth-order valence-corrected chi connectivity index (χ4v) is 2.27. The molecule has 2 rings (SSSR count). The zero-order chi connectivity index (χ0) is 9.10. The molecule has 0 aromatic carbocycles. The maximum atomic E-state index is 9.45. The molecule has 1 aliphatic heterocycles. The average Bonchev–Trinajstić information content (AvgIpc) is 2.57.